The number of hydrogen-bond donors (Lipinski definition) is 3. The number of aromatic amines is 1. The maximum absolute atomic E-state index is 13.2. The Morgan fingerprint density at radius 2 is 2.08 bits per heavy atom. The molecule has 2 heterocycles. The van der Waals surface area contributed by atoms with Crippen molar-refractivity contribution in [3.05, 3.63) is 32.9 Å². The van der Waals surface area contributed by atoms with Gasteiger partial charge in [0, 0.05) is 6.42 Å². The molecule has 0 spiro atoms. The fraction of sp³-hybridized carbons (Fsp3) is 0.600. The van der Waals surface area contributed by atoms with Crippen LogP contribution in [0.15, 0.2) is 15.8 Å². The highest BCUT2D eigenvalue weighted by molar-refractivity contribution is 7.53. The largest absolute Gasteiger partial charge is 0.493 e. The molecule has 1 aromatic heterocycles. The number of ether oxygens (including phenoxy) is 1. The molecule has 0 amide bonds. The number of nitrogens with zero attached hydrogens (tertiary/aromatic N) is 1. The van der Waals surface area contributed by atoms with E-state index in [0.717, 1.165) is 0 Å². The molecule has 2 rings (SSSR count). The second kappa shape index (κ2) is 6.41. The highest BCUT2D eigenvalue weighted by atomic mass is 31.2. The van der Waals surface area contributed by atoms with E-state index in [0.29, 0.717) is 10.8 Å². The maximum Gasteiger partial charge on any atom is 0.493 e. The van der Waals surface area contributed by atoms with Gasteiger partial charge in [0.2, 0.25) is 5.82 Å². The second-order valence-corrected chi connectivity index (χ2v) is 6.67. The SMILES string of the molecule is O=c1[nH]c(=O)n([C@H]2C[C@H](O)[C@@H](COP(=O)(O)C(F)(F)F)O2)cc1F. The van der Waals surface area contributed by atoms with E-state index >= 15 is 0 Å². The zero-order valence-corrected chi connectivity index (χ0v) is 12.5. The van der Waals surface area contributed by atoms with Gasteiger partial charge in [-0.1, -0.05) is 0 Å². The molecule has 0 bridgehead atoms. The second-order valence-electron chi connectivity index (χ2n) is 4.86. The fourth-order valence-electron chi connectivity index (χ4n) is 1.96. The number of rotatable bonds is 4. The lowest BCUT2D eigenvalue weighted by molar-refractivity contribution is -0.0826. The van der Waals surface area contributed by atoms with Gasteiger partial charge in [0.25, 0.3) is 5.56 Å². The van der Waals surface area contributed by atoms with Crippen LogP contribution in [-0.2, 0) is 13.8 Å². The molecule has 0 aliphatic carbocycles. The lowest BCUT2D eigenvalue weighted by Crippen LogP contribution is -2.34. The fourth-order valence-corrected chi connectivity index (χ4v) is 2.45. The predicted molar refractivity (Wildman–Crippen MR) is 67.6 cm³/mol. The van der Waals surface area contributed by atoms with Gasteiger partial charge in [0.1, 0.15) is 12.3 Å². The normalized spacial score (nSPS) is 27.2. The molecule has 1 aliphatic rings. The molecule has 4 atom stereocenters. The predicted octanol–water partition coefficient (Wildman–Crippen LogP) is 0.0459. The minimum absolute atomic E-state index is 0.346. The van der Waals surface area contributed by atoms with Gasteiger partial charge in [-0.25, -0.2) is 4.79 Å². The number of H-pyrrole nitrogens is 1. The van der Waals surface area contributed by atoms with Gasteiger partial charge in [-0.05, 0) is 0 Å². The highest BCUT2D eigenvalue weighted by Crippen LogP contribution is 2.58. The van der Waals surface area contributed by atoms with Gasteiger partial charge in [-0.2, -0.15) is 17.6 Å². The number of hydrogen-bond acceptors (Lipinski definition) is 6. The molecule has 1 aromatic rings. The van der Waals surface area contributed by atoms with E-state index in [4.69, 9.17) is 9.63 Å². The van der Waals surface area contributed by atoms with Crippen molar-refractivity contribution in [3.63, 3.8) is 0 Å². The molecule has 1 saturated heterocycles. The van der Waals surface area contributed by atoms with Crippen LogP contribution in [0.1, 0.15) is 12.6 Å². The van der Waals surface area contributed by atoms with Crippen molar-refractivity contribution >= 4 is 7.60 Å². The van der Waals surface area contributed by atoms with Crippen LogP contribution in [0.3, 0.4) is 0 Å². The van der Waals surface area contributed by atoms with E-state index in [1.807, 2.05) is 0 Å². The number of nitrogens with one attached hydrogen (secondary N) is 1. The monoisotopic (exact) mass is 378 g/mol. The Kier molecular flexibility index (Phi) is 5.02. The first-order valence-electron chi connectivity index (χ1n) is 6.31. The van der Waals surface area contributed by atoms with E-state index in [9.17, 15) is 36.8 Å². The molecule has 136 valence electrons. The summed E-state index contributed by atoms with van der Waals surface area (Å²) in [6, 6.07) is 0. The summed E-state index contributed by atoms with van der Waals surface area (Å²) < 4.78 is 70.3. The van der Waals surface area contributed by atoms with Gasteiger partial charge in [0.15, 0.2) is 0 Å². The topological polar surface area (TPSA) is 131 Å². The third-order valence-corrected chi connectivity index (χ3v) is 4.31. The molecule has 3 N–H and O–H groups in total. The standard InChI is InChI=1S/C10H11F4N2O7P/c11-4-2-16(9(19)15-8(4)18)7-1-5(17)6(23-7)3-22-24(20,21)10(12,13)14/h2,5-7,17H,1,3H2,(H,20,21)(H,15,18,19)/t5-,6+,7+/m0/s1. The summed E-state index contributed by atoms with van der Waals surface area (Å²) in [5.74, 6) is -6.82. The van der Waals surface area contributed by atoms with Crippen LogP contribution in [0, 0.1) is 5.82 Å². The van der Waals surface area contributed by atoms with E-state index < -0.39 is 55.6 Å². The van der Waals surface area contributed by atoms with Crippen molar-refractivity contribution < 1.29 is 41.4 Å². The van der Waals surface area contributed by atoms with Crippen LogP contribution in [0.2, 0.25) is 0 Å². The molecule has 14 heteroatoms. The highest BCUT2D eigenvalue weighted by Gasteiger charge is 2.53. The lowest BCUT2D eigenvalue weighted by Gasteiger charge is -2.19. The zero-order valence-electron chi connectivity index (χ0n) is 11.6. The lowest BCUT2D eigenvalue weighted by atomic mass is 10.2. The average molecular weight is 378 g/mol. The molecule has 0 aromatic carbocycles. The summed E-state index contributed by atoms with van der Waals surface area (Å²) in [5.41, 5.74) is -2.34. The van der Waals surface area contributed by atoms with Gasteiger partial charge >= 0.3 is 19.2 Å². The molecule has 0 radical (unpaired) electrons. The van der Waals surface area contributed by atoms with E-state index in [2.05, 4.69) is 4.52 Å². The molecule has 24 heavy (non-hydrogen) atoms. The number of alkyl halides is 3. The van der Waals surface area contributed by atoms with Crippen LogP contribution in [0.5, 0.6) is 0 Å². The third-order valence-electron chi connectivity index (χ3n) is 3.17. The van der Waals surface area contributed by atoms with Crippen LogP contribution in [0.25, 0.3) is 0 Å². The maximum atomic E-state index is 13.2. The van der Waals surface area contributed by atoms with Crippen molar-refractivity contribution in [2.75, 3.05) is 6.61 Å². The zero-order chi connectivity index (χ0) is 18.3. The Labute approximate surface area is 130 Å². The number of aliphatic hydroxyl groups is 1. The summed E-state index contributed by atoms with van der Waals surface area (Å²) in [5, 5.41) is 9.70. The Morgan fingerprint density at radius 1 is 1.46 bits per heavy atom. The molecule has 1 fully saturated rings. The van der Waals surface area contributed by atoms with Crippen LogP contribution < -0.4 is 11.2 Å². The Bertz CT molecular complexity index is 776. The van der Waals surface area contributed by atoms with E-state index in [1.54, 1.807) is 4.98 Å². The first-order chi connectivity index (χ1) is 10.9. The minimum Gasteiger partial charge on any atom is -0.390 e. The smallest absolute Gasteiger partial charge is 0.390 e. The summed E-state index contributed by atoms with van der Waals surface area (Å²) >= 11 is 0. The molecule has 9 nitrogen and oxygen atoms in total. The van der Waals surface area contributed by atoms with Crippen molar-refractivity contribution in [2.24, 2.45) is 0 Å². The minimum atomic E-state index is -5.94. The number of aromatic nitrogens is 2. The molecule has 0 saturated carbocycles. The Hall–Kier alpha value is -1.53. The third kappa shape index (κ3) is 3.75. The average Bonchev–Trinajstić information content (AvgIpc) is 2.80. The van der Waals surface area contributed by atoms with E-state index in [-0.39, 0.29) is 6.42 Å². The quantitative estimate of drug-likeness (QED) is 0.498. The van der Waals surface area contributed by atoms with Crippen LogP contribution in [0.4, 0.5) is 17.6 Å². The summed E-state index contributed by atoms with van der Waals surface area (Å²) in [6.07, 6.45) is -4.07. The summed E-state index contributed by atoms with van der Waals surface area (Å²) in [4.78, 5) is 32.8. The van der Waals surface area contributed by atoms with Crippen molar-refractivity contribution in [1.29, 1.82) is 0 Å². The summed E-state index contributed by atoms with van der Waals surface area (Å²) in [7, 11) is -5.94. The Morgan fingerprint density at radius 3 is 2.67 bits per heavy atom. The van der Waals surface area contributed by atoms with Gasteiger partial charge in [-0.15, -0.1) is 0 Å². The molecule has 1 unspecified atom stereocenters. The number of halogens is 4. The van der Waals surface area contributed by atoms with Gasteiger partial charge in [0.05, 0.1) is 18.9 Å². The van der Waals surface area contributed by atoms with Crippen LogP contribution in [-0.4, -0.2) is 44.3 Å². The van der Waals surface area contributed by atoms with E-state index in [1.165, 1.54) is 0 Å². The number of aliphatic hydroxyl groups excluding tert-OH is 1. The van der Waals surface area contributed by atoms with Gasteiger partial charge < -0.3 is 14.7 Å². The summed E-state index contributed by atoms with van der Waals surface area (Å²) in [6.45, 7) is -1.09. The van der Waals surface area contributed by atoms with Gasteiger partial charge in [-0.3, -0.25) is 23.4 Å². The molecular formula is C10H11F4N2O7P. The first kappa shape index (κ1) is 18.8. The van der Waals surface area contributed by atoms with Crippen LogP contribution >= 0.6 is 7.60 Å². The molecule has 1 aliphatic heterocycles. The molecular weight excluding hydrogens is 367 g/mol. The van der Waals surface area contributed by atoms with Crippen molar-refractivity contribution in [3.8, 4) is 0 Å². The van der Waals surface area contributed by atoms with Crippen molar-refractivity contribution in [1.82, 2.24) is 9.55 Å². The first-order valence-corrected chi connectivity index (χ1v) is 7.89. The Balaban J connectivity index is 2.11. The van der Waals surface area contributed by atoms with Crippen molar-refractivity contribution in [2.45, 2.75) is 30.8 Å².